The number of nitrogens with zero attached hydrogens (tertiary/aromatic N) is 2. The van der Waals surface area contributed by atoms with Crippen molar-refractivity contribution >= 4 is 22.6 Å². The van der Waals surface area contributed by atoms with Gasteiger partial charge in [-0.1, -0.05) is 29.8 Å². The van der Waals surface area contributed by atoms with Crippen LogP contribution in [0.2, 0.25) is 0 Å². The Labute approximate surface area is 155 Å². The van der Waals surface area contributed by atoms with Crippen LogP contribution in [0.25, 0.3) is 16.8 Å². The molecule has 3 aromatic rings. The summed E-state index contributed by atoms with van der Waals surface area (Å²) in [5.74, 6) is 1.42. The number of anilines is 1. The first-order valence-electron chi connectivity index (χ1n) is 8.02. The van der Waals surface area contributed by atoms with Crippen LogP contribution in [0.1, 0.15) is 10.6 Å². The summed E-state index contributed by atoms with van der Waals surface area (Å²) in [5.41, 5.74) is 4.41. The van der Waals surface area contributed by atoms with Crippen molar-refractivity contribution in [1.82, 2.24) is 4.98 Å². The van der Waals surface area contributed by atoms with Crippen molar-refractivity contribution in [3.63, 3.8) is 0 Å². The zero-order chi connectivity index (χ0) is 17.9. The Morgan fingerprint density at radius 3 is 2.81 bits per heavy atom. The summed E-state index contributed by atoms with van der Waals surface area (Å²) in [6.45, 7) is 2.29. The number of hydrogen-bond acceptors (Lipinski definition) is 6. The number of rotatable bonds is 4. The van der Waals surface area contributed by atoms with E-state index in [9.17, 15) is 5.26 Å². The van der Waals surface area contributed by atoms with Crippen molar-refractivity contribution in [3.05, 3.63) is 64.6 Å². The van der Waals surface area contributed by atoms with Gasteiger partial charge in [0, 0.05) is 28.9 Å². The van der Waals surface area contributed by atoms with Crippen LogP contribution < -0.4 is 14.8 Å². The van der Waals surface area contributed by atoms with E-state index >= 15 is 0 Å². The van der Waals surface area contributed by atoms with Gasteiger partial charge in [-0.05, 0) is 19.1 Å². The van der Waals surface area contributed by atoms with E-state index in [1.807, 2.05) is 35.7 Å². The molecule has 0 radical (unpaired) electrons. The maximum atomic E-state index is 9.49. The van der Waals surface area contributed by atoms with Crippen molar-refractivity contribution in [1.29, 1.82) is 5.26 Å². The summed E-state index contributed by atoms with van der Waals surface area (Å²) in [7, 11) is 0. The van der Waals surface area contributed by atoms with Crippen molar-refractivity contribution in [2.45, 2.75) is 6.92 Å². The lowest BCUT2D eigenvalue weighted by Gasteiger charge is -2.03. The molecule has 0 atom stereocenters. The Balaban J connectivity index is 1.55. The number of fused-ring (bicyclic) bond motifs is 1. The van der Waals surface area contributed by atoms with Gasteiger partial charge in [-0.25, -0.2) is 4.98 Å². The van der Waals surface area contributed by atoms with Gasteiger partial charge in [-0.3, -0.25) is 0 Å². The average Bonchev–Trinajstić information content (AvgIpc) is 3.32. The lowest BCUT2D eigenvalue weighted by molar-refractivity contribution is 0.174. The monoisotopic (exact) mass is 361 g/mol. The molecule has 0 fully saturated rings. The molecule has 1 N–H and O–H groups in total. The van der Waals surface area contributed by atoms with Crippen molar-refractivity contribution in [2.24, 2.45) is 0 Å². The quantitative estimate of drug-likeness (QED) is 0.675. The van der Waals surface area contributed by atoms with Crippen molar-refractivity contribution in [2.75, 3.05) is 12.1 Å². The molecule has 5 nitrogen and oxygen atoms in total. The van der Waals surface area contributed by atoms with E-state index in [-0.39, 0.29) is 6.79 Å². The van der Waals surface area contributed by atoms with Crippen LogP contribution >= 0.6 is 11.3 Å². The van der Waals surface area contributed by atoms with Crippen LogP contribution in [-0.2, 0) is 0 Å². The number of aryl methyl sites for hydroxylation is 1. The standard InChI is InChI=1S/C20H15N3O2S/c1-13-2-4-14(5-3-13)17-11-26-20(23-17)15(9-21)10-22-16-6-7-18-19(8-16)25-12-24-18/h2-8,10-11,22H,12H2,1H3. The number of thiazole rings is 1. The van der Waals surface area contributed by atoms with Gasteiger partial charge in [0.05, 0.1) is 5.69 Å². The number of nitriles is 1. The van der Waals surface area contributed by atoms with E-state index in [0.717, 1.165) is 22.7 Å². The Hall–Kier alpha value is -3.30. The average molecular weight is 361 g/mol. The van der Waals surface area contributed by atoms with E-state index in [1.165, 1.54) is 16.9 Å². The zero-order valence-electron chi connectivity index (χ0n) is 14.0. The summed E-state index contributed by atoms with van der Waals surface area (Å²) in [6, 6.07) is 15.9. The summed E-state index contributed by atoms with van der Waals surface area (Å²) < 4.78 is 10.7. The molecule has 0 saturated heterocycles. The Morgan fingerprint density at radius 2 is 2.00 bits per heavy atom. The fourth-order valence-electron chi connectivity index (χ4n) is 2.54. The van der Waals surface area contributed by atoms with E-state index in [4.69, 9.17) is 9.47 Å². The van der Waals surface area contributed by atoms with Crippen molar-refractivity contribution in [3.8, 4) is 28.8 Å². The van der Waals surface area contributed by atoms with E-state index in [0.29, 0.717) is 16.3 Å². The summed E-state index contributed by atoms with van der Waals surface area (Å²) >= 11 is 1.45. The summed E-state index contributed by atoms with van der Waals surface area (Å²) in [4.78, 5) is 4.59. The zero-order valence-corrected chi connectivity index (χ0v) is 14.8. The molecule has 0 spiro atoms. The minimum Gasteiger partial charge on any atom is -0.454 e. The lowest BCUT2D eigenvalue weighted by Crippen LogP contribution is -1.93. The molecule has 0 unspecified atom stereocenters. The molecule has 0 amide bonds. The predicted molar refractivity (Wildman–Crippen MR) is 102 cm³/mol. The first-order valence-corrected chi connectivity index (χ1v) is 8.90. The number of ether oxygens (including phenoxy) is 2. The molecule has 128 valence electrons. The molecule has 0 aliphatic carbocycles. The van der Waals surface area contributed by atoms with Crippen LogP contribution in [0.3, 0.4) is 0 Å². The summed E-state index contributed by atoms with van der Waals surface area (Å²) in [5, 5.41) is 15.3. The van der Waals surface area contributed by atoms with Gasteiger partial charge in [-0.2, -0.15) is 5.26 Å². The second kappa shape index (κ2) is 6.90. The van der Waals surface area contributed by atoms with E-state index in [1.54, 1.807) is 6.20 Å². The molecule has 1 aromatic heterocycles. The number of hydrogen-bond donors (Lipinski definition) is 1. The van der Waals surface area contributed by atoms with Crippen LogP contribution in [0.15, 0.2) is 54.0 Å². The first-order chi connectivity index (χ1) is 12.7. The molecule has 6 heteroatoms. The number of allylic oxidation sites excluding steroid dienone is 1. The largest absolute Gasteiger partial charge is 0.454 e. The van der Waals surface area contributed by atoms with Crippen LogP contribution in [0.5, 0.6) is 11.5 Å². The van der Waals surface area contributed by atoms with Gasteiger partial charge in [-0.15, -0.1) is 11.3 Å². The minimum atomic E-state index is 0.235. The topological polar surface area (TPSA) is 67.2 Å². The molecule has 0 bridgehead atoms. The lowest BCUT2D eigenvalue weighted by atomic mass is 10.1. The summed E-state index contributed by atoms with van der Waals surface area (Å²) in [6.07, 6.45) is 1.66. The Bertz CT molecular complexity index is 1020. The Morgan fingerprint density at radius 1 is 1.19 bits per heavy atom. The van der Waals surface area contributed by atoms with E-state index in [2.05, 4.69) is 35.4 Å². The van der Waals surface area contributed by atoms with Gasteiger partial charge >= 0.3 is 0 Å². The van der Waals surface area contributed by atoms with E-state index < -0.39 is 0 Å². The molecule has 1 aliphatic heterocycles. The SMILES string of the molecule is Cc1ccc(-c2csc(C(C#N)=CNc3ccc4c(c3)OCO4)n2)cc1. The normalized spacial score (nSPS) is 12.7. The molecular formula is C20H15N3O2S. The minimum absolute atomic E-state index is 0.235. The van der Waals surface area contributed by atoms with Crippen LogP contribution in [0, 0.1) is 18.3 Å². The van der Waals surface area contributed by atoms with Crippen LogP contribution in [-0.4, -0.2) is 11.8 Å². The highest BCUT2D eigenvalue weighted by atomic mass is 32.1. The van der Waals surface area contributed by atoms with Crippen LogP contribution in [0.4, 0.5) is 5.69 Å². The third kappa shape index (κ3) is 3.25. The van der Waals surface area contributed by atoms with Gasteiger partial charge in [0.25, 0.3) is 0 Å². The molecular weight excluding hydrogens is 346 g/mol. The number of aromatic nitrogens is 1. The molecule has 1 aliphatic rings. The maximum Gasteiger partial charge on any atom is 0.231 e. The third-order valence-corrected chi connectivity index (χ3v) is 4.83. The number of nitrogens with one attached hydrogen (secondary N) is 1. The second-order valence-electron chi connectivity index (χ2n) is 5.79. The molecule has 0 saturated carbocycles. The predicted octanol–water partition coefficient (Wildman–Crippen LogP) is 4.82. The third-order valence-electron chi connectivity index (χ3n) is 3.96. The molecule has 2 aromatic carbocycles. The maximum absolute atomic E-state index is 9.49. The fraction of sp³-hybridized carbons (Fsp3) is 0.100. The highest BCUT2D eigenvalue weighted by Gasteiger charge is 2.13. The van der Waals surface area contributed by atoms with Gasteiger partial charge in [0.2, 0.25) is 6.79 Å². The highest BCUT2D eigenvalue weighted by molar-refractivity contribution is 7.11. The highest BCUT2D eigenvalue weighted by Crippen LogP contribution is 2.34. The molecule has 2 heterocycles. The first kappa shape index (κ1) is 16.2. The van der Waals surface area contributed by atoms with Crippen molar-refractivity contribution < 1.29 is 9.47 Å². The number of benzene rings is 2. The van der Waals surface area contributed by atoms with Gasteiger partial charge < -0.3 is 14.8 Å². The second-order valence-corrected chi connectivity index (χ2v) is 6.64. The fourth-order valence-corrected chi connectivity index (χ4v) is 3.33. The van der Waals surface area contributed by atoms with Gasteiger partial charge in [0.1, 0.15) is 16.6 Å². The smallest absolute Gasteiger partial charge is 0.231 e. The molecule has 26 heavy (non-hydrogen) atoms. The Kier molecular flexibility index (Phi) is 4.30. The molecule has 4 rings (SSSR count). The van der Waals surface area contributed by atoms with Gasteiger partial charge in [0.15, 0.2) is 11.5 Å².